The van der Waals surface area contributed by atoms with Gasteiger partial charge >= 0.3 is 0 Å². The van der Waals surface area contributed by atoms with Gasteiger partial charge in [-0.1, -0.05) is 59.3 Å². The van der Waals surface area contributed by atoms with E-state index in [1.807, 2.05) is 0 Å². The minimum Gasteiger partial charge on any atom is -0.477 e. The number of hydrogen-bond acceptors (Lipinski definition) is 3. The van der Waals surface area contributed by atoms with E-state index in [1.54, 1.807) is 0 Å². The van der Waals surface area contributed by atoms with Crippen molar-refractivity contribution in [3.05, 3.63) is 0 Å². The molecule has 0 bridgehead atoms. The second-order valence-corrected chi connectivity index (χ2v) is 12.5. The van der Waals surface area contributed by atoms with Crippen LogP contribution in [-0.4, -0.2) is 35.5 Å². The molecule has 2 aliphatic carbocycles. The maximum absolute atomic E-state index is 6.97. The second kappa shape index (κ2) is 8.48. The first kappa shape index (κ1) is 20.6. The Morgan fingerprint density at radius 2 is 1.35 bits per heavy atom. The number of rotatable bonds is 5. The van der Waals surface area contributed by atoms with Gasteiger partial charge in [-0.3, -0.25) is 0 Å². The molecule has 2 fully saturated rings. The quantitative estimate of drug-likeness (QED) is 0.497. The van der Waals surface area contributed by atoms with Crippen molar-refractivity contribution in [3.63, 3.8) is 0 Å². The van der Waals surface area contributed by atoms with E-state index in [2.05, 4.69) is 34.6 Å². The number of hydrogen-bond donors (Lipinski definition) is 0. The Labute approximate surface area is 162 Å². The Morgan fingerprint density at radius 3 is 1.77 bits per heavy atom. The average Bonchev–Trinajstić information content (AvgIpc) is 3.13. The van der Waals surface area contributed by atoms with Crippen LogP contribution in [0.3, 0.4) is 0 Å². The van der Waals surface area contributed by atoms with Crippen molar-refractivity contribution in [2.45, 2.75) is 122 Å². The highest BCUT2D eigenvalue weighted by atomic mass is 31.1. The lowest BCUT2D eigenvalue weighted by Crippen LogP contribution is -2.37. The summed E-state index contributed by atoms with van der Waals surface area (Å²) in [4.78, 5) is 4.95. The predicted octanol–water partition coefficient (Wildman–Crippen LogP) is 6.69. The van der Waals surface area contributed by atoms with Crippen molar-refractivity contribution in [2.24, 2.45) is 10.4 Å². The van der Waals surface area contributed by atoms with Gasteiger partial charge in [0.1, 0.15) is 12.2 Å². The molecule has 0 unspecified atom stereocenters. The fourth-order valence-electron chi connectivity index (χ4n) is 4.57. The zero-order chi connectivity index (χ0) is 18.8. The summed E-state index contributed by atoms with van der Waals surface area (Å²) < 4.78 is 13.0. The fraction of sp³-hybridized carbons (Fsp3) is 0.955. The summed E-state index contributed by atoms with van der Waals surface area (Å²) in [6, 6.07) is 0.246. The lowest BCUT2D eigenvalue weighted by Gasteiger charge is -2.41. The largest absolute Gasteiger partial charge is 0.477 e. The minimum atomic E-state index is -0.404. The first-order chi connectivity index (χ1) is 12.3. The van der Waals surface area contributed by atoms with Gasteiger partial charge in [-0.05, 0) is 44.9 Å². The predicted molar refractivity (Wildman–Crippen MR) is 112 cm³/mol. The molecule has 1 aliphatic heterocycles. The van der Waals surface area contributed by atoms with E-state index in [-0.39, 0.29) is 17.1 Å². The molecule has 150 valence electrons. The molecule has 3 rings (SSSR count). The van der Waals surface area contributed by atoms with E-state index in [1.165, 1.54) is 64.2 Å². The Balaban J connectivity index is 1.74. The average molecular weight is 382 g/mol. The van der Waals surface area contributed by atoms with Gasteiger partial charge < -0.3 is 9.26 Å². The van der Waals surface area contributed by atoms with Crippen molar-refractivity contribution in [2.75, 3.05) is 6.61 Å². The molecule has 0 radical (unpaired) electrons. The monoisotopic (exact) mass is 381 g/mol. The van der Waals surface area contributed by atoms with Crippen molar-refractivity contribution in [3.8, 4) is 0 Å². The number of aliphatic imine (C=N–C) groups is 1. The molecule has 0 spiro atoms. The van der Waals surface area contributed by atoms with Gasteiger partial charge in [0.2, 0.25) is 5.90 Å². The first-order valence-electron chi connectivity index (χ1n) is 11.0. The molecule has 0 aromatic heterocycles. The second-order valence-electron chi connectivity index (χ2n) is 10.2. The summed E-state index contributed by atoms with van der Waals surface area (Å²) >= 11 is 0. The van der Waals surface area contributed by atoms with Gasteiger partial charge in [-0.15, -0.1) is 0 Å². The van der Waals surface area contributed by atoms with Crippen LogP contribution in [0.15, 0.2) is 4.99 Å². The van der Waals surface area contributed by atoms with E-state index in [0.717, 1.165) is 17.2 Å². The summed E-state index contributed by atoms with van der Waals surface area (Å²) in [7, 11) is -0.404. The Bertz CT molecular complexity index is 467. The van der Waals surface area contributed by atoms with Crippen molar-refractivity contribution in [1.29, 1.82) is 0 Å². The van der Waals surface area contributed by atoms with Crippen LogP contribution in [0, 0.1) is 5.41 Å². The maximum Gasteiger partial charge on any atom is 0.216 e. The molecule has 4 heteroatoms. The van der Waals surface area contributed by atoms with Crippen LogP contribution in [0.4, 0.5) is 0 Å². The molecule has 3 nitrogen and oxygen atoms in total. The summed E-state index contributed by atoms with van der Waals surface area (Å²) in [5, 5.41) is 0. The summed E-state index contributed by atoms with van der Waals surface area (Å²) in [5.74, 6) is 0.844. The zero-order valence-corrected chi connectivity index (χ0v) is 18.6. The highest BCUT2D eigenvalue weighted by Crippen LogP contribution is 2.58. The highest BCUT2D eigenvalue weighted by Gasteiger charge is 2.42. The summed E-state index contributed by atoms with van der Waals surface area (Å²) in [6.07, 6.45) is 13.9. The lowest BCUT2D eigenvalue weighted by atomic mass is 9.88. The maximum atomic E-state index is 6.97. The normalized spacial score (nSPS) is 26.8. The van der Waals surface area contributed by atoms with Crippen LogP contribution in [0.1, 0.15) is 98.8 Å². The smallest absolute Gasteiger partial charge is 0.216 e. The number of ether oxygens (including phenoxy) is 1. The molecule has 1 atom stereocenters. The van der Waals surface area contributed by atoms with Gasteiger partial charge in [0.15, 0.2) is 0 Å². The third-order valence-electron chi connectivity index (χ3n) is 6.37. The van der Waals surface area contributed by atoms with Crippen molar-refractivity contribution < 1.29 is 9.26 Å². The molecule has 0 aromatic carbocycles. The van der Waals surface area contributed by atoms with E-state index in [4.69, 9.17) is 14.3 Å². The number of nitrogens with zero attached hydrogens (tertiary/aromatic N) is 1. The Morgan fingerprint density at radius 1 is 0.846 bits per heavy atom. The van der Waals surface area contributed by atoms with E-state index in [9.17, 15) is 0 Å². The van der Waals surface area contributed by atoms with Crippen LogP contribution in [0.25, 0.3) is 0 Å². The van der Waals surface area contributed by atoms with Crippen LogP contribution in [0.5, 0.6) is 0 Å². The standard InChI is InChI=1S/C22H40NO2P/c1-21(2,3)19-16-24-20(23-19)22(4,5)25-26(17-12-8-6-9-13-17)18-14-10-7-11-15-18/h17-19H,6-16H2,1-5H3/t19-/m1/s1. The molecule has 1 heterocycles. The molecule has 26 heavy (non-hydrogen) atoms. The molecule has 2 saturated carbocycles. The van der Waals surface area contributed by atoms with E-state index >= 15 is 0 Å². The summed E-state index contributed by atoms with van der Waals surface area (Å²) in [6.45, 7) is 11.8. The molecular formula is C22H40NO2P. The lowest BCUT2D eigenvalue weighted by molar-refractivity contribution is 0.150. The summed E-state index contributed by atoms with van der Waals surface area (Å²) in [5.41, 5.74) is 1.35. The Kier molecular flexibility index (Phi) is 6.71. The minimum absolute atomic E-state index is 0.148. The van der Waals surface area contributed by atoms with Gasteiger partial charge in [-0.2, -0.15) is 0 Å². The van der Waals surface area contributed by atoms with E-state index in [0.29, 0.717) is 6.61 Å². The molecule has 0 saturated heterocycles. The van der Waals surface area contributed by atoms with Crippen LogP contribution in [0.2, 0.25) is 0 Å². The molecule has 0 N–H and O–H groups in total. The van der Waals surface area contributed by atoms with Gasteiger partial charge in [0, 0.05) is 19.5 Å². The fourth-order valence-corrected chi connectivity index (χ4v) is 7.82. The van der Waals surface area contributed by atoms with Crippen LogP contribution < -0.4 is 0 Å². The van der Waals surface area contributed by atoms with E-state index < -0.39 is 8.15 Å². The third kappa shape index (κ3) is 5.02. The SMILES string of the molecule is CC(C)(OP(C1CCCCC1)C1CCCCC1)C1=N[C@@H](C(C)(C)C)CO1. The van der Waals surface area contributed by atoms with Gasteiger partial charge in [0.05, 0.1) is 6.04 Å². The molecular weight excluding hydrogens is 341 g/mol. The molecule has 0 amide bonds. The zero-order valence-electron chi connectivity index (χ0n) is 17.7. The van der Waals surface area contributed by atoms with Crippen molar-refractivity contribution in [1.82, 2.24) is 0 Å². The molecule has 3 aliphatic rings. The first-order valence-corrected chi connectivity index (χ1v) is 12.4. The van der Waals surface area contributed by atoms with Crippen LogP contribution >= 0.6 is 8.15 Å². The van der Waals surface area contributed by atoms with Gasteiger partial charge in [-0.25, -0.2) is 4.99 Å². The topological polar surface area (TPSA) is 30.8 Å². The highest BCUT2D eigenvalue weighted by molar-refractivity contribution is 7.54. The van der Waals surface area contributed by atoms with Gasteiger partial charge in [0.25, 0.3) is 0 Å². The van der Waals surface area contributed by atoms with Crippen LogP contribution in [-0.2, 0) is 9.26 Å². The van der Waals surface area contributed by atoms with Crippen molar-refractivity contribution >= 4 is 14.0 Å². The Hall–Kier alpha value is -0.140. The third-order valence-corrected chi connectivity index (χ3v) is 9.51. The molecule has 0 aromatic rings.